The molecule has 2 rings (SSSR count). The van der Waals surface area contributed by atoms with E-state index in [4.69, 9.17) is 4.74 Å². The molecule has 5 heteroatoms. The summed E-state index contributed by atoms with van der Waals surface area (Å²) in [7, 11) is 1.69. The maximum Gasteiger partial charge on any atom is 0.245 e. The quantitative estimate of drug-likeness (QED) is 0.763. The zero-order valence-corrected chi connectivity index (χ0v) is 12.9. The Balaban J connectivity index is 2.02. The maximum atomic E-state index is 12.6. The van der Waals surface area contributed by atoms with E-state index >= 15 is 0 Å². The number of nitrogens with zero attached hydrogens (tertiary/aromatic N) is 2. The van der Waals surface area contributed by atoms with Crippen LogP contribution in [0.1, 0.15) is 39.5 Å². The van der Waals surface area contributed by atoms with E-state index in [0.29, 0.717) is 13.2 Å². The van der Waals surface area contributed by atoms with Gasteiger partial charge in [0.1, 0.15) is 6.04 Å². The summed E-state index contributed by atoms with van der Waals surface area (Å²) in [6.07, 6.45) is 3.77. The van der Waals surface area contributed by atoms with Crippen molar-refractivity contribution >= 4 is 11.8 Å². The van der Waals surface area contributed by atoms with E-state index in [1.54, 1.807) is 16.9 Å². The van der Waals surface area contributed by atoms with E-state index in [9.17, 15) is 9.59 Å². The highest BCUT2D eigenvalue weighted by atomic mass is 16.5. The highest BCUT2D eigenvalue weighted by Crippen LogP contribution is 2.27. The summed E-state index contributed by atoms with van der Waals surface area (Å²) < 4.78 is 5.12. The molecular weight excluding hydrogens is 256 g/mol. The molecule has 0 saturated carbocycles. The lowest BCUT2D eigenvalue weighted by Gasteiger charge is -2.44. The number of piperidine rings is 1. The zero-order valence-electron chi connectivity index (χ0n) is 12.9. The van der Waals surface area contributed by atoms with Gasteiger partial charge in [0.2, 0.25) is 11.8 Å². The minimum atomic E-state index is -0.205. The molecular formula is C15H26N2O3. The van der Waals surface area contributed by atoms with E-state index in [1.165, 1.54) is 0 Å². The van der Waals surface area contributed by atoms with Gasteiger partial charge in [0, 0.05) is 26.8 Å². The Bertz CT molecular complexity index is 381. The van der Waals surface area contributed by atoms with Gasteiger partial charge in [0.05, 0.1) is 6.54 Å². The van der Waals surface area contributed by atoms with Crippen LogP contribution in [0, 0.1) is 5.41 Å². The Hall–Kier alpha value is -1.10. The fourth-order valence-corrected chi connectivity index (χ4v) is 3.14. The Morgan fingerprint density at radius 2 is 2.05 bits per heavy atom. The molecule has 2 fully saturated rings. The number of piperazine rings is 1. The first-order valence-electron chi connectivity index (χ1n) is 7.52. The van der Waals surface area contributed by atoms with Gasteiger partial charge in [-0.1, -0.05) is 13.8 Å². The SMILES string of the molecule is COCCC(C)(C)CN1CC(=O)N2CCCCC2C1=O. The first-order chi connectivity index (χ1) is 9.44. The van der Waals surface area contributed by atoms with Crippen LogP contribution in [0.5, 0.6) is 0 Å². The second-order valence-electron chi connectivity index (χ2n) is 6.70. The number of fused-ring (bicyclic) bond motifs is 1. The van der Waals surface area contributed by atoms with Crippen molar-refractivity contribution in [2.75, 3.05) is 33.4 Å². The van der Waals surface area contributed by atoms with Crippen molar-refractivity contribution in [1.29, 1.82) is 0 Å². The fraction of sp³-hybridized carbons (Fsp3) is 0.867. The number of carbonyl (C=O) groups excluding carboxylic acids is 2. The number of carbonyl (C=O) groups is 2. The van der Waals surface area contributed by atoms with Crippen LogP contribution in [0.3, 0.4) is 0 Å². The molecule has 0 radical (unpaired) electrons. The van der Waals surface area contributed by atoms with Crippen LogP contribution < -0.4 is 0 Å². The first kappa shape index (κ1) is 15.3. The standard InChI is InChI=1S/C15H26N2O3/c1-15(2,7-9-20-3)11-16-10-13(18)17-8-5-4-6-12(17)14(16)19/h12H,4-11H2,1-3H3. The molecule has 0 aliphatic carbocycles. The number of hydrogen-bond acceptors (Lipinski definition) is 3. The normalized spacial score (nSPS) is 24.1. The second kappa shape index (κ2) is 6.12. The van der Waals surface area contributed by atoms with Gasteiger partial charge >= 0.3 is 0 Å². The van der Waals surface area contributed by atoms with Crippen molar-refractivity contribution in [3.8, 4) is 0 Å². The largest absolute Gasteiger partial charge is 0.385 e. The third-order valence-electron chi connectivity index (χ3n) is 4.35. The predicted molar refractivity (Wildman–Crippen MR) is 76.2 cm³/mol. The van der Waals surface area contributed by atoms with E-state index in [0.717, 1.165) is 32.2 Å². The highest BCUT2D eigenvalue weighted by molar-refractivity contribution is 5.95. The van der Waals surface area contributed by atoms with Gasteiger partial charge in [-0.3, -0.25) is 9.59 Å². The lowest BCUT2D eigenvalue weighted by molar-refractivity contribution is -0.159. The fourth-order valence-electron chi connectivity index (χ4n) is 3.14. The molecule has 1 atom stereocenters. The molecule has 114 valence electrons. The molecule has 2 aliphatic heterocycles. The van der Waals surface area contributed by atoms with Crippen molar-refractivity contribution in [2.24, 2.45) is 5.41 Å². The van der Waals surface area contributed by atoms with Crippen LogP contribution in [0.2, 0.25) is 0 Å². The zero-order chi connectivity index (χ0) is 14.8. The summed E-state index contributed by atoms with van der Waals surface area (Å²) in [5.74, 6) is 0.242. The van der Waals surface area contributed by atoms with E-state index in [1.807, 2.05) is 0 Å². The average molecular weight is 282 g/mol. The molecule has 0 N–H and O–H groups in total. The molecule has 2 aliphatic rings. The predicted octanol–water partition coefficient (Wildman–Crippen LogP) is 1.27. The van der Waals surface area contributed by atoms with Crippen molar-refractivity contribution in [1.82, 2.24) is 9.80 Å². The third-order valence-corrected chi connectivity index (χ3v) is 4.35. The van der Waals surface area contributed by atoms with E-state index in [2.05, 4.69) is 13.8 Å². The van der Waals surface area contributed by atoms with Crippen LogP contribution in [-0.4, -0.2) is 61.0 Å². The second-order valence-corrected chi connectivity index (χ2v) is 6.70. The molecule has 0 aromatic heterocycles. The molecule has 0 spiro atoms. The summed E-state index contributed by atoms with van der Waals surface area (Å²) in [4.78, 5) is 28.3. The number of methoxy groups -OCH3 is 1. The lowest BCUT2D eigenvalue weighted by Crippen LogP contribution is -2.62. The van der Waals surface area contributed by atoms with Gasteiger partial charge in [0.15, 0.2) is 0 Å². The summed E-state index contributed by atoms with van der Waals surface area (Å²) >= 11 is 0. The Morgan fingerprint density at radius 1 is 1.30 bits per heavy atom. The van der Waals surface area contributed by atoms with Crippen molar-refractivity contribution in [3.63, 3.8) is 0 Å². The lowest BCUT2D eigenvalue weighted by atomic mass is 9.88. The molecule has 1 unspecified atom stereocenters. The minimum Gasteiger partial charge on any atom is -0.385 e. The summed E-state index contributed by atoms with van der Waals surface area (Å²) in [5, 5.41) is 0. The van der Waals surface area contributed by atoms with Crippen LogP contribution >= 0.6 is 0 Å². The van der Waals surface area contributed by atoms with Crippen LogP contribution in [0.4, 0.5) is 0 Å². The maximum absolute atomic E-state index is 12.6. The summed E-state index contributed by atoms with van der Waals surface area (Å²) in [6, 6.07) is -0.205. The van der Waals surface area contributed by atoms with Gasteiger partial charge in [-0.15, -0.1) is 0 Å². The number of ether oxygens (including phenoxy) is 1. The first-order valence-corrected chi connectivity index (χ1v) is 7.52. The van der Waals surface area contributed by atoms with Crippen LogP contribution in [-0.2, 0) is 14.3 Å². The Morgan fingerprint density at radius 3 is 2.75 bits per heavy atom. The topological polar surface area (TPSA) is 49.9 Å². The monoisotopic (exact) mass is 282 g/mol. The molecule has 20 heavy (non-hydrogen) atoms. The summed E-state index contributed by atoms with van der Waals surface area (Å²) in [5.41, 5.74) is -0.0250. The van der Waals surface area contributed by atoms with Gasteiger partial charge in [0.25, 0.3) is 0 Å². The minimum absolute atomic E-state index is 0.0250. The molecule has 0 bridgehead atoms. The van der Waals surface area contributed by atoms with Gasteiger partial charge in [-0.25, -0.2) is 0 Å². The molecule has 0 aromatic carbocycles. The van der Waals surface area contributed by atoms with Crippen molar-refractivity contribution < 1.29 is 14.3 Å². The molecule has 5 nitrogen and oxygen atoms in total. The number of amides is 2. The van der Waals surface area contributed by atoms with E-state index in [-0.39, 0.29) is 29.8 Å². The number of rotatable bonds is 5. The van der Waals surface area contributed by atoms with Crippen molar-refractivity contribution in [2.45, 2.75) is 45.6 Å². The van der Waals surface area contributed by atoms with Gasteiger partial charge in [-0.2, -0.15) is 0 Å². The summed E-state index contributed by atoms with van der Waals surface area (Å²) in [6.45, 7) is 6.54. The van der Waals surface area contributed by atoms with Crippen molar-refractivity contribution in [3.05, 3.63) is 0 Å². The van der Waals surface area contributed by atoms with Gasteiger partial charge < -0.3 is 14.5 Å². The number of hydrogen-bond donors (Lipinski definition) is 0. The third kappa shape index (κ3) is 3.32. The Kier molecular flexibility index (Phi) is 4.68. The molecule has 2 heterocycles. The van der Waals surface area contributed by atoms with Crippen LogP contribution in [0.25, 0.3) is 0 Å². The Labute approximate surface area is 121 Å². The smallest absolute Gasteiger partial charge is 0.245 e. The molecule has 0 aromatic rings. The molecule has 2 saturated heterocycles. The highest BCUT2D eigenvalue weighted by Gasteiger charge is 2.41. The molecule has 2 amide bonds. The van der Waals surface area contributed by atoms with E-state index < -0.39 is 0 Å². The average Bonchev–Trinajstić information content (AvgIpc) is 2.42. The van der Waals surface area contributed by atoms with Gasteiger partial charge in [-0.05, 0) is 31.1 Å². The van der Waals surface area contributed by atoms with Crippen LogP contribution in [0.15, 0.2) is 0 Å².